The molecule has 0 heterocycles. The van der Waals surface area contributed by atoms with Crippen LogP contribution in [0, 0.1) is 13.8 Å². The monoisotopic (exact) mass is 370 g/mol. The van der Waals surface area contributed by atoms with E-state index in [1.54, 1.807) is 0 Å². The first kappa shape index (κ1) is 20.3. The van der Waals surface area contributed by atoms with Crippen molar-refractivity contribution in [3.63, 3.8) is 0 Å². The number of ether oxygens (including phenoxy) is 2. The highest BCUT2D eigenvalue weighted by molar-refractivity contribution is 5.79. The summed E-state index contributed by atoms with van der Waals surface area (Å²) in [4.78, 5) is 23.7. The molecule has 2 aromatic rings. The molecule has 0 saturated carbocycles. The van der Waals surface area contributed by atoms with Gasteiger partial charge >= 0.3 is 0 Å². The molecule has 2 aromatic carbocycles. The number of benzene rings is 2. The second-order valence-corrected chi connectivity index (χ2v) is 6.48. The zero-order valence-corrected chi connectivity index (χ0v) is 16.0. The summed E-state index contributed by atoms with van der Waals surface area (Å²) in [5.41, 5.74) is 2.25. The maximum Gasteiger partial charge on any atom is 0.258 e. The first-order chi connectivity index (χ1) is 12.9. The maximum atomic E-state index is 11.9. The van der Waals surface area contributed by atoms with Gasteiger partial charge in [0.2, 0.25) is 0 Å². The zero-order chi connectivity index (χ0) is 19.6. The number of hydrogen-bond donors (Lipinski definition) is 2. The number of carbonyl (C=O) groups excluding carboxylic acids is 2. The van der Waals surface area contributed by atoms with Crippen LogP contribution in [0.15, 0.2) is 48.5 Å². The molecule has 0 aliphatic heterocycles. The molecule has 0 aromatic heterocycles. The van der Waals surface area contributed by atoms with Crippen molar-refractivity contribution in [1.29, 1.82) is 0 Å². The number of amides is 2. The minimum atomic E-state index is -0.243. The first-order valence-electron chi connectivity index (χ1n) is 8.87. The average Bonchev–Trinajstić information content (AvgIpc) is 2.65. The Hall–Kier alpha value is -3.02. The molecule has 0 saturated heterocycles. The molecule has 27 heavy (non-hydrogen) atoms. The Kier molecular flexibility index (Phi) is 7.67. The van der Waals surface area contributed by atoms with E-state index in [-0.39, 0.29) is 31.1 Å². The van der Waals surface area contributed by atoms with Crippen molar-refractivity contribution in [3.05, 3.63) is 59.7 Å². The number of carbonyl (C=O) groups is 2. The Labute approximate surface area is 159 Å². The second kappa shape index (κ2) is 10.2. The molecule has 6 heteroatoms. The maximum absolute atomic E-state index is 11.9. The summed E-state index contributed by atoms with van der Waals surface area (Å²) >= 11 is 0. The van der Waals surface area contributed by atoms with Crippen molar-refractivity contribution in [2.24, 2.45) is 0 Å². The molecule has 0 bridgehead atoms. The fourth-order valence-corrected chi connectivity index (χ4v) is 2.25. The molecule has 0 unspecified atom stereocenters. The minimum Gasteiger partial charge on any atom is -0.484 e. The molecule has 0 fully saturated rings. The standard InChI is InChI=1S/C21H26N2O4/c1-15-4-8-18(9-5-15)26-13-20(24)22-12-17(3)23-21(25)14-27-19-10-6-16(2)7-11-19/h4-11,17H,12-14H2,1-3H3,(H,22,24)(H,23,25)/t17-/m1/s1. The zero-order valence-electron chi connectivity index (χ0n) is 16.0. The molecule has 2 rings (SSSR count). The summed E-state index contributed by atoms with van der Waals surface area (Å²) in [6.07, 6.45) is 0. The third-order valence-electron chi connectivity index (χ3n) is 3.79. The van der Waals surface area contributed by atoms with Crippen LogP contribution in [0.5, 0.6) is 11.5 Å². The van der Waals surface area contributed by atoms with Crippen LogP contribution in [0.3, 0.4) is 0 Å². The van der Waals surface area contributed by atoms with Gasteiger partial charge in [0.25, 0.3) is 11.8 Å². The number of nitrogens with one attached hydrogen (secondary N) is 2. The third-order valence-corrected chi connectivity index (χ3v) is 3.79. The SMILES string of the molecule is Cc1ccc(OCC(=O)NC[C@@H](C)NC(=O)COc2ccc(C)cc2)cc1. The molecule has 144 valence electrons. The largest absolute Gasteiger partial charge is 0.484 e. The van der Waals surface area contributed by atoms with Gasteiger partial charge in [0.05, 0.1) is 0 Å². The van der Waals surface area contributed by atoms with E-state index in [4.69, 9.17) is 9.47 Å². The van der Waals surface area contributed by atoms with Crippen molar-refractivity contribution < 1.29 is 19.1 Å². The van der Waals surface area contributed by atoms with Gasteiger partial charge in [-0.25, -0.2) is 0 Å². The van der Waals surface area contributed by atoms with E-state index < -0.39 is 0 Å². The second-order valence-electron chi connectivity index (χ2n) is 6.48. The van der Waals surface area contributed by atoms with Crippen LogP contribution in [-0.2, 0) is 9.59 Å². The molecular weight excluding hydrogens is 344 g/mol. The molecule has 1 atom stereocenters. The Bertz CT molecular complexity index is 742. The van der Waals surface area contributed by atoms with Gasteiger partial charge in [-0.15, -0.1) is 0 Å². The van der Waals surface area contributed by atoms with Crippen LogP contribution in [0.1, 0.15) is 18.1 Å². The van der Waals surface area contributed by atoms with Crippen LogP contribution < -0.4 is 20.1 Å². The highest BCUT2D eigenvalue weighted by atomic mass is 16.5. The Morgan fingerprint density at radius 1 is 0.815 bits per heavy atom. The van der Waals surface area contributed by atoms with Crippen LogP contribution in [0.25, 0.3) is 0 Å². The fourth-order valence-electron chi connectivity index (χ4n) is 2.25. The lowest BCUT2D eigenvalue weighted by atomic mass is 10.2. The summed E-state index contributed by atoms with van der Waals surface area (Å²) in [5.74, 6) is 0.802. The number of aryl methyl sites for hydroxylation is 2. The summed E-state index contributed by atoms with van der Waals surface area (Å²) in [6.45, 7) is 5.95. The van der Waals surface area contributed by atoms with Gasteiger partial charge in [0.15, 0.2) is 13.2 Å². The summed E-state index contributed by atoms with van der Waals surface area (Å²) in [6, 6.07) is 14.7. The molecule has 2 N–H and O–H groups in total. The quantitative estimate of drug-likeness (QED) is 0.711. The van der Waals surface area contributed by atoms with Gasteiger partial charge in [-0.2, -0.15) is 0 Å². The third kappa shape index (κ3) is 7.81. The lowest BCUT2D eigenvalue weighted by molar-refractivity contribution is -0.125. The predicted molar refractivity (Wildman–Crippen MR) is 104 cm³/mol. The van der Waals surface area contributed by atoms with E-state index in [0.717, 1.165) is 11.1 Å². The van der Waals surface area contributed by atoms with Crippen molar-refractivity contribution in [3.8, 4) is 11.5 Å². The van der Waals surface area contributed by atoms with Crippen molar-refractivity contribution in [2.75, 3.05) is 19.8 Å². The average molecular weight is 370 g/mol. The predicted octanol–water partition coefficient (Wildman–Crippen LogP) is 2.38. The van der Waals surface area contributed by atoms with Crippen molar-refractivity contribution in [1.82, 2.24) is 10.6 Å². The van der Waals surface area contributed by atoms with Gasteiger partial charge in [0.1, 0.15) is 11.5 Å². The van der Waals surface area contributed by atoms with E-state index in [2.05, 4.69) is 10.6 Å². The van der Waals surface area contributed by atoms with Crippen molar-refractivity contribution in [2.45, 2.75) is 26.8 Å². The van der Waals surface area contributed by atoms with E-state index in [1.165, 1.54) is 0 Å². The van der Waals surface area contributed by atoms with Crippen LogP contribution >= 0.6 is 0 Å². The Morgan fingerprint density at radius 3 is 1.74 bits per heavy atom. The summed E-state index contributed by atoms with van der Waals surface area (Å²) in [5, 5.41) is 5.51. The van der Waals surface area contributed by atoms with Gasteiger partial charge < -0.3 is 20.1 Å². The Morgan fingerprint density at radius 2 is 1.26 bits per heavy atom. The van der Waals surface area contributed by atoms with Crippen LogP contribution in [0.4, 0.5) is 0 Å². The van der Waals surface area contributed by atoms with E-state index in [0.29, 0.717) is 18.0 Å². The summed E-state index contributed by atoms with van der Waals surface area (Å²) < 4.78 is 10.8. The van der Waals surface area contributed by atoms with Gasteiger partial charge in [-0.3, -0.25) is 9.59 Å². The van der Waals surface area contributed by atoms with Crippen molar-refractivity contribution >= 4 is 11.8 Å². The van der Waals surface area contributed by atoms with E-state index >= 15 is 0 Å². The van der Waals surface area contributed by atoms with Crippen LogP contribution in [0.2, 0.25) is 0 Å². The normalized spacial score (nSPS) is 11.4. The molecular formula is C21H26N2O4. The topological polar surface area (TPSA) is 76.7 Å². The van der Waals surface area contributed by atoms with E-state index in [9.17, 15) is 9.59 Å². The fraction of sp³-hybridized carbons (Fsp3) is 0.333. The lowest BCUT2D eigenvalue weighted by Crippen LogP contribution is -2.44. The molecule has 2 amide bonds. The van der Waals surface area contributed by atoms with E-state index in [1.807, 2.05) is 69.3 Å². The molecule has 6 nitrogen and oxygen atoms in total. The lowest BCUT2D eigenvalue weighted by Gasteiger charge is -2.15. The summed E-state index contributed by atoms with van der Waals surface area (Å²) in [7, 11) is 0. The number of rotatable bonds is 9. The van der Waals surface area contributed by atoms with Crippen LogP contribution in [-0.4, -0.2) is 37.6 Å². The Balaban J connectivity index is 1.62. The molecule has 0 aliphatic rings. The number of hydrogen-bond acceptors (Lipinski definition) is 4. The van der Waals surface area contributed by atoms with Gasteiger partial charge in [0, 0.05) is 12.6 Å². The molecule has 0 radical (unpaired) electrons. The minimum absolute atomic E-state index is 0.0692. The smallest absolute Gasteiger partial charge is 0.258 e. The molecule has 0 aliphatic carbocycles. The van der Waals surface area contributed by atoms with Gasteiger partial charge in [-0.05, 0) is 45.0 Å². The molecule has 0 spiro atoms. The highest BCUT2D eigenvalue weighted by Gasteiger charge is 2.10. The first-order valence-corrected chi connectivity index (χ1v) is 8.87. The van der Waals surface area contributed by atoms with Gasteiger partial charge in [-0.1, -0.05) is 35.4 Å². The highest BCUT2D eigenvalue weighted by Crippen LogP contribution is 2.11.